The Kier molecular flexibility index (Phi) is 5.48. The molecule has 12 heavy (non-hydrogen) atoms. The number of carboxylic acids is 1. The smallest absolute Gasteiger partial charge is 0.313 e. The van der Waals surface area contributed by atoms with Crippen LogP contribution in [0.15, 0.2) is 0 Å². The number of rotatable bonds is 6. The van der Waals surface area contributed by atoms with Crippen LogP contribution in [-0.2, 0) is 9.59 Å². The maximum atomic E-state index is 10.4. The summed E-state index contributed by atoms with van der Waals surface area (Å²) in [4.78, 5) is 20.4. The fourth-order valence-electron chi connectivity index (χ4n) is 0.512. The van der Waals surface area contributed by atoms with Crippen LogP contribution < -0.4 is 11.5 Å². The van der Waals surface area contributed by atoms with Gasteiger partial charge in [-0.25, -0.2) is 0 Å². The van der Waals surface area contributed by atoms with E-state index in [1.807, 2.05) is 0 Å². The Balaban J connectivity index is 3.31. The Morgan fingerprint density at radius 1 is 1.50 bits per heavy atom. The minimum Gasteiger partial charge on any atom is -0.481 e. The summed E-state index contributed by atoms with van der Waals surface area (Å²) in [6.45, 7) is 0. The second kappa shape index (κ2) is 5.84. The van der Waals surface area contributed by atoms with Gasteiger partial charge < -0.3 is 16.6 Å². The lowest BCUT2D eigenvalue weighted by molar-refractivity contribution is -0.133. The standard InChI is InChI=1S/C6H12N2O3S/c7-4(6(8)11)1-2-12-3-5(9)10/h4H,1-3,7H2,(H2,8,11)(H,9,10). The van der Waals surface area contributed by atoms with Crippen LogP contribution in [-0.4, -0.2) is 34.5 Å². The Morgan fingerprint density at radius 3 is 2.50 bits per heavy atom. The third-order valence-electron chi connectivity index (χ3n) is 1.16. The van der Waals surface area contributed by atoms with E-state index in [0.717, 1.165) is 0 Å². The van der Waals surface area contributed by atoms with Gasteiger partial charge in [0.1, 0.15) is 0 Å². The average molecular weight is 192 g/mol. The molecule has 5 nitrogen and oxygen atoms in total. The number of aliphatic carboxylic acids is 1. The molecule has 6 heteroatoms. The van der Waals surface area contributed by atoms with Gasteiger partial charge >= 0.3 is 5.97 Å². The predicted molar refractivity (Wildman–Crippen MR) is 46.7 cm³/mol. The fraction of sp³-hybridized carbons (Fsp3) is 0.667. The molecule has 1 unspecified atom stereocenters. The zero-order chi connectivity index (χ0) is 9.56. The lowest BCUT2D eigenvalue weighted by atomic mass is 10.2. The van der Waals surface area contributed by atoms with E-state index in [4.69, 9.17) is 16.6 Å². The highest BCUT2D eigenvalue weighted by molar-refractivity contribution is 7.99. The van der Waals surface area contributed by atoms with E-state index in [2.05, 4.69) is 0 Å². The third-order valence-corrected chi connectivity index (χ3v) is 2.14. The second-order valence-corrected chi connectivity index (χ2v) is 3.35. The van der Waals surface area contributed by atoms with Crippen molar-refractivity contribution < 1.29 is 14.7 Å². The van der Waals surface area contributed by atoms with Gasteiger partial charge in [0.25, 0.3) is 0 Å². The summed E-state index contributed by atoms with van der Waals surface area (Å²) in [5.41, 5.74) is 10.2. The van der Waals surface area contributed by atoms with Gasteiger partial charge in [0.2, 0.25) is 5.91 Å². The minimum absolute atomic E-state index is 0.0332. The van der Waals surface area contributed by atoms with Gasteiger partial charge in [-0.3, -0.25) is 9.59 Å². The third kappa shape index (κ3) is 5.99. The van der Waals surface area contributed by atoms with Crippen LogP contribution in [0.5, 0.6) is 0 Å². The van der Waals surface area contributed by atoms with Crippen molar-refractivity contribution in [1.82, 2.24) is 0 Å². The molecule has 0 radical (unpaired) electrons. The SMILES string of the molecule is NC(=O)C(N)CCSCC(=O)O. The minimum atomic E-state index is -0.868. The number of carboxylic acid groups (broad SMARTS) is 1. The summed E-state index contributed by atoms with van der Waals surface area (Å²) in [5.74, 6) is -0.847. The number of nitrogens with two attached hydrogens (primary N) is 2. The van der Waals surface area contributed by atoms with Crippen molar-refractivity contribution in [2.24, 2.45) is 11.5 Å². The Hall–Kier alpha value is -0.750. The van der Waals surface area contributed by atoms with Gasteiger partial charge in [0, 0.05) is 0 Å². The molecule has 0 rings (SSSR count). The molecular weight excluding hydrogens is 180 g/mol. The zero-order valence-corrected chi connectivity index (χ0v) is 7.34. The highest BCUT2D eigenvalue weighted by Gasteiger charge is 2.08. The molecule has 0 aliphatic rings. The summed E-state index contributed by atoms with van der Waals surface area (Å²) < 4.78 is 0. The molecule has 0 aromatic carbocycles. The van der Waals surface area contributed by atoms with Crippen LogP contribution >= 0.6 is 11.8 Å². The van der Waals surface area contributed by atoms with E-state index in [1.54, 1.807) is 0 Å². The first kappa shape index (κ1) is 11.2. The van der Waals surface area contributed by atoms with E-state index < -0.39 is 17.9 Å². The lowest BCUT2D eigenvalue weighted by Crippen LogP contribution is -2.36. The molecule has 0 aliphatic heterocycles. The topological polar surface area (TPSA) is 106 Å². The molecule has 0 saturated heterocycles. The van der Waals surface area contributed by atoms with E-state index in [-0.39, 0.29) is 5.75 Å². The Morgan fingerprint density at radius 2 is 2.08 bits per heavy atom. The first-order chi connectivity index (χ1) is 5.54. The van der Waals surface area contributed by atoms with Crippen molar-refractivity contribution in [2.45, 2.75) is 12.5 Å². The molecule has 0 heterocycles. The monoisotopic (exact) mass is 192 g/mol. The first-order valence-electron chi connectivity index (χ1n) is 3.38. The fourth-order valence-corrected chi connectivity index (χ4v) is 1.25. The van der Waals surface area contributed by atoms with Crippen LogP contribution in [0.25, 0.3) is 0 Å². The van der Waals surface area contributed by atoms with Crippen molar-refractivity contribution in [1.29, 1.82) is 0 Å². The van der Waals surface area contributed by atoms with Crippen LogP contribution in [0.1, 0.15) is 6.42 Å². The number of hydrogen-bond donors (Lipinski definition) is 3. The van der Waals surface area contributed by atoms with Crippen LogP contribution in [0, 0.1) is 0 Å². The van der Waals surface area contributed by atoms with Crippen molar-refractivity contribution in [2.75, 3.05) is 11.5 Å². The molecular formula is C6H12N2O3S. The lowest BCUT2D eigenvalue weighted by Gasteiger charge is -2.04. The molecule has 0 aliphatic carbocycles. The van der Waals surface area contributed by atoms with E-state index in [1.165, 1.54) is 11.8 Å². The first-order valence-corrected chi connectivity index (χ1v) is 4.54. The van der Waals surface area contributed by atoms with Gasteiger partial charge in [-0.2, -0.15) is 11.8 Å². The average Bonchev–Trinajstić information content (AvgIpc) is 1.97. The van der Waals surface area contributed by atoms with Crippen molar-refractivity contribution >= 4 is 23.6 Å². The highest BCUT2D eigenvalue weighted by Crippen LogP contribution is 2.03. The van der Waals surface area contributed by atoms with Crippen LogP contribution in [0.3, 0.4) is 0 Å². The van der Waals surface area contributed by atoms with E-state index in [0.29, 0.717) is 12.2 Å². The maximum Gasteiger partial charge on any atom is 0.313 e. The molecule has 0 saturated carbocycles. The van der Waals surface area contributed by atoms with Crippen molar-refractivity contribution in [3.63, 3.8) is 0 Å². The van der Waals surface area contributed by atoms with Crippen molar-refractivity contribution in [3.05, 3.63) is 0 Å². The Bertz CT molecular complexity index is 174. The molecule has 70 valence electrons. The zero-order valence-electron chi connectivity index (χ0n) is 6.53. The van der Waals surface area contributed by atoms with Gasteiger partial charge in [-0.05, 0) is 12.2 Å². The number of primary amides is 1. The summed E-state index contributed by atoms with van der Waals surface area (Å²) in [7, 11) is 0. The number of carbonyl (C=O) groups excluding carboxylic acids is 1. The summed E-state index contributed by atoms with van der Waals surface area (Å²) in [6.07, 6.45) is 0.424. The molecule has 0 spiro atoms. The molecule has 5 N–H and O–H groups in total. The maximum absolute atomic E-state index is 10.4. The van der Waals surface area contributed by atoms with E-state index in [9.17, 15) is 9.59 Å². The summed E-state index contributed by atoms with van der Waals surface area (Å²) in [5, 5.41) is 8.24. The van der Waals surface area contributed by atoms with E-state index >= 15 is 0 Å². The molecule has 0 fully saturated rings. The molecule has 0 bridgehead atoms. The molecule has 1 amide bonds. The summed E-state index contributed by atoms with van der Waals surface area (Å²) in [6, 6.07) is -0.661. The predicted octanol–water partition coefficient (Wildman–Crippen LogP) is -0.993. The van der Waals surface area contributed by atoms with Crippen molar-refractivity contribution in [3.8, 4) is 0 Å². The van der Waals surface area contributed by atoms with Crippen LogP contribution in [0.2, 0.25) is 0 Å². The van der Waals surface area contributed by atoms with Crippen LogP contribution in [0.4, 0.5) is 0 Å². The number of thioether (sulfide) groups is 1. The quantitative estimate of drug-likeness (QED) is 0.468. The molecule has 1 atom stereocenters. The highest BCUT2D eigenvalue weighted by atomic mass is 32.2. The number of hydrogen-bond acceptors (Lipinski definition) is 4. The van der Waals surface area contributed by atoms with Gasteiger partial charge in [-0.15, -0.1) is 0 Å². The number of amides is 1. The number of carbonyl (C=O) groups is 2. The largest absolute Gasteiger partial charge is 0.481 e. The normalized spacial score (nSPS) is 12.4. The molecule has 0 aromatic rings. The summed E-state index contributed by atoms with van der Waals surface area (Å²) >= 11 is 1.22. The van der Waals surface area contributed by atoms with Gasteiger partial charge in [-0.1, -0.05) is 0 Å². The second-order valence-electron chi connectivity index (χ2n) is 2.24. The molecule has 0 aromatic heterocycles. The van der Waals surface area contributed by atoms with Gasteiger partial charge in [0.15, 0.2) is 0 Å². The Labute approximate surface area is 74.5 Å². The van der Waals surface area contributed by atoms with Gasteiger partial charge in [0.05, 0.1) is 11.8 Å².